The third-order valence-electron chi connectivity index (χ3n) is 2.03. The van der Waals surface area contributed by atoms with Gasteiger partial charge in [0.15, 0.2) is 0 Å². The summed E-state index contributed by atoms with van der Waals surface area (Å²) in [7, 11) is -3.39. The molecule has 4 N–H and O–H groups in total. The number of nitrogens with one attached hydrogen (secondary N) is 3. The predicted octanol–water partition coefficient (Wildman–Crippen LogP) is -0.912. The SMILES string of the molecule is CCNS(=O)(=O)CCNC(=O)NC(CC)C(=O)O. The molecule has 0 aliphatic carbocycles. The molecule has 0 aliphatic rings. The molecule has 18 heavy (non-hydrogen) atoms. The highest BCUT2D eigenvalue weighted by molar-refractivity contribution is 7.89. The van der Waals surface area contributed by atoms with Gasteiger partial charge in [-0.1, -0.05) is 13.8 Å². The van der Waals surface area contributed by atoms with Gasteiger partial charge in [-0.05, 0) is 6.42 Å². The van der Waals surface area contributed by atoms with Gasteiger partial charge in [0, 0.05) is 13.1 Å². The lowest BCUT2D eigenvalue weighted by Gasteiger charge is -2.13. The summed E-state index contributed by atoms with van der Waals surface area (Å²) in [5.41, 5.74) is 0. The van der Waals surface area contributed by atoms with Crippen molar-refractivity contribution < 1.29 is 23.1 Å². The largest absolute Gasteiger partial charge is 0.480 e. The van der Waals surface area contributed by atoms with E-state index in [0.29, 0.717) is 0 Å². The van der Waals surface area contributed by atoms with Gasteiger partial charge in [0.25, 0.3) is 0 Å². The van der Waals surface area contributed by atoms with E-state index in [9.17, 15) is 18.0 Å². The molecule has 1 unspecified atom stereocenters. The van der Waals surface area contributed by atoms with E-state index in [1.165, 1.54) is 0 Å². The predicted molar refractivity (Wildman–Crippen MR) is 65.7 cm³/mol. The molecule has 0 rings (SSSR count). The van der Waals surface area contributed by atoms with Gasteiger partial charge in [-0.2, -0.15) is 0 Å². The van der Waals surface area contributed by atoms with E-state index >= 15 is 0 Å². The average Bonchev–Trinajstić information content (AvgIpc) is 2.24. The number of rotatable bonds is 8. The first-order chi connectivity index (χ1) is 8.32. The molecule has 0 bridgehead atoms. The Kier molecular flexibility index (Phi) is 7.29. The van der Waals surface area contributed by atoms with Crippen LogP contribution in [0.15, 0.2) is 0 Å². The Hall–Kier alpha value is -1.35. The molecule has 0 aromatic heterocycles. The minimum atomic E-state index is -3.39. The van der Waals surface area contributed by atoms with Crippen molar-refractivity contribution in [2.45, 2.75) is 26.3 Å². The zero-order valence-corrected chi connectivity index (χ0v) is 11.2. The van der Waals surface area contributed by atoms with E-state index in [1.54, 1.807) is 13.8 Å². The van der Waals surface area contributed by atoms with Crippen molar-refractivity contribution in [3.8, 4) is 0 Å². The number of carboxylic acid groups (broad SMARTS) is 1. The maximum Gasteiger partial charge on any atom is 0.326 e. The summed E-state index contributed by atoms with van der Waals surface area (Å²) in [5, 5.41) is 13.2. The fourth-order valence-electron chi connectivity index (χ4n) is 1.14. The van der Waals surface area contributed by atoms with Gasteiger partial charge in [0.05, 0.1) is 5.75 Å². The molecule has 2 amide bonds. The molecule has 0 spiro atoms. The van der Waals surface area contributed by atoms with Gasteiger partial charge in [0.2, 0.25) is 10.0 Å². The lowest BCUT2D eigenvalue weighted by atomic mass is 10.2. The van der Waals surface area contributed by atoms with Crippen LogP contribution >= 0.6 is 0 Å². The summed E-state index contributed by atoms with van der Waals surface area (Å²) >= 11 is 0. The van der Waals surface area contributed by atoms with Crippen LogP contribution < -0.4 is 15.4 Å². The first kappa shape index (κ1) is 16.6. The van der Waals surface area contributed by atoms with Crippen LogP contribution in [0.3, 0.4) is 0 Å². The maximum atomic E-state index is 11.3. The summed E-state index contributed by atoms with van der Waals surface area (Å²) in [5.74, 6) is -1.38. The number of urea groups is 1. The lowest BCUT2D eigenvalue weighted by Crippen LogP contribution is -2.47. The van der Waals surface area contributed by atoms with Crippen molar-refractivity contribution in [1.82, 2.24) is 15.4 Å². The summed E-state index contributed by atoms with van der Waals surface area (Å²) in [6.07, 6.45) is 0.248. The molecule has 0 heterocycles. The molecule has 0 saturated carbocycles. The van der Waals surface area contributed by atoms with Crippen LogP contribution in [-0.4, -0.2) is 50.4 Å². The van der Waals surface area contributed by atoms with E-state index in [2.05, 4.69) is 15.4 Å². The number of hydrogen-bond acceptors (Lipinski definition) is 4. The quantitative estimate of drug-likeness (QED) is 0.458. The molecule has 0 radical (unpaired) electrons. The number of amides is 2. The van der Waals surface area contributed by atoms with Crippen LogP contribution in [0.25, 0.3) is 0 Å². The molecular formula is C9H19N3O5S. The fraction of sp³-hybridized carbons (Fsp3) is 0.778. The summed E-state index contributed by atoms with van der Waals surface area (Å²) < 4.78 is 24.7. The minimum absolute atomic E-state index is 0.0861. The van der Waals surface area contributed by atoms with E-state index < -0.39 is 28.1 Å². The van der Waals surface area contributed by atoms with Gasteiger partial charge in [0.1, 0.15) is 6.04 Å². The highest BCUT2D eigenvalue weighted by Crippen LogP contribution is 1.90. The molecular weight excluding hydrogens is 262 g/mol. The number of aliphatic carboxylic acids is 1. The number of carbonyl (C=O) groups is 2. The van der Waals surface area contributed by atoms with Gasteiger partial charge >= 0.3 is 12.0 Å². The highest BCUT2D eigenvalue weighted by Gasteiger charge is 2.17. The Bertz CT molecular complexity index is 382. The van der Waals surface area contributed by atoms with E-state index in [4.69, 9.17) is 5.11 Å². The van der Waals surface area contributed by atoms with E-state index in [-0.39, 0.29) is 25.3 Å². The van der Waals surface area contributed by atoms with Crippen LogP contribution in [0.1, 0.15) is 20.3 Å². The van der Waals surface area contributed by atoms with Crippen LogP contribution in [-0.2, 0) is 14.8 Å². The van der Waals surface area contributed by atoms with Gasteiger partial charge in [-0.3, -0.25) is 0 Å². The van der Waals surface area contributed by atoms with Crippen LogP contribution in [0.4, 0.5) is 4.79 Å². The van der Waals surface area contributed by atoms with Gasteiger partial charge < -0.3 is 15.7 Å². The molecule has 0 aromatic carbocycles. The molecule has 0 aliphatic heterocycles. The van der Waals surface area contributed by atoms with Crippen molar-refractivity contribution in [2.75, 3.05) is 18.8 Å². The molecule has 0 aromatic rings. The third-order valence-corrected chi connectivity index (χ3v) is 3.50. The standard InChI is InChI=1S/C9H19N3O5S/c1-3-7(8(13)14)12-9(15)10-5-6-18(16,17)11-4-2/h7,11H,3-6H2,1-2H3,(H,13,14)(H2,10,12,15). The molecule has 0 fully saturated rings. The van der Waals surface area contributed by atoms with Crippen molar-refractivity contribution in [3.05, 3.63) is 0 Å². The molecule has 0 saturated heterocycles. The van der Waals surface area contributed by atoms with Crippen molar-refractivity contribution in [1.29, 1.82) is 0 Å². The van der Waals surface area contributed by atoms with Crippen LogP contribution in [0.2, 0.25) is 0 Å². The highest BCUT2D eigenvalue weighted by atomic mass is 32.2. The van der Waals surface area contributed by atoms with E-state index in [1.807, 2.05) is 0 Å². The summed E-state index contributed by atoms with van der Waals surface area (Å²) in [6.45, 7) is 3.47. The zero-order valence-electron chi connectivity index (χ0n) is 10.4. The summed E-state index contributed by atoms with van der Waals surface area (Å²) in [4.78, 5) is 21.9. The Morgan fingerprint density at radius 1 is 1.28 bits per heavy atom. The Balaban J connectivity index is 4.01. The van der Waals surface area contributed by atoms with Gasteiger partial charge in [-0.15, -0.1) is 0 Å². The first-order valence-electron chi connectivity index (χ1n) is 5.56. The lowest BCUT2D eigenvalue weighted by molar-refractivity contribution is -0.139. The monoisotopic (exact) mass is 281 g/mol. The minimum Gasteiger partial charge on any atom is -0.480 e. The van der Waals surface area contributed by atoms with E-state index in [0.717, 1.165) is 0 Å². The third kappa shape index (κ3) is 7.07. The zero-order chi connectivity index (χ0) is 14.2. The fourth-order valence-corrected chi connectivity index (χ4v) is 2.09. The number of sulfonamides is 1. The Morgan fingerprint density at radius 3 is 2.33 bits per heavy atom. The Labute approximate surface area is 106 Å². The normalized spacial score (nSPS) is 12.8. The topological polar surface area (TPSA) is 125 Å². The molecule has 1 atom stereocenters. The smallest absolute Gasteiger partial charge is 0.326 e. The van der Waals surface area contributed by atoms with Crippen LogP contribution in [0, 0.1) is 0 Å². The summed E-state index contributed by atoms with van der Waals surface area (Å²) in [6, 6.07) is -1.67. The second kappa shape index (κ2) is 7.88. The number of carbonyl (C=O) groups excluding carboxylic acids is 1. The average molecular weight is 281 g/mol. The molecule has 106 valence electrons. The Morgan fingerprint density at radius 2 is 1.89 bits per heavy atom. The maximum absolute atomic E-state index is 11.3. The van der Waals surface area contributed by atoms with Crippen molar-refractivity contribution in [3.63, 3.8) is 0 Å². The first-order valence-corrected chi connectivity index (χ1v) is 7.22. The van der Waals surface area contributed by atoms with Crippen LogP contribution in [0.5, 0.6) is 0 Å². The second-order valence-electron chi connectivity index (χ2n) is 3.52. The van der Waals surface area contributed by atoms with Gasteiger partial charge in [-0.25, -0.2) is 22.7 Å². The van der Waals surface area contributed by atoms with Crippen molar-refractivity contribution in [2.24, 2.45) is 0 Å². The number of carboxylic acids is 1. The second-order valence-corrected chi connectivity index (χ2v) is 5.44. The number of hydrogen-bond donors (Lipinski definition) is 4. The molecule has 8 nitrogen and oxygen atoms in total. The van der Waals surface area contributed by atoms with Crippen molar-refractivity contribution >= 4 is 22.0 Å². The molecule has 9 heteroatoms.